The van der Waals surface area contributed by atoms with E-state index in [1.54, 1.807) is 23.2 Å². The fourth-order valence-electron chi connectivity index (χ4n) is 2.53. The molecule has 1 aliphatic heterocycles. The lowest BCUT2D eigenvalue weighted by atomic mass is 10.2. The van der Waals surface area contributed by atoms with E-state index in [9.17, 15) is 9.59 Å². The van der Waals surface area contributed by atoms with E-state index in [4.69, 9.17) is 12.2 Å². The summed E-state index contributed by atoms with van der Waals surface area (Å²) in [5, 5.41) is 2.88. The molecule has 1 atom stereocenters. The van der Waals surface area contributed by atoms with Gasteiger partial charge in [0.25, 0.3) is 5.91 Å². The molecule has 0 saturated carbocycles. The Hall–Kier alpha value is -2.47. The van der Waals surface area contributed by atoms with Crippen molar-refractivity contribution in [2.45, 2.75) is 12.5 Å². The summed E-state index contributed by atoms with van der Waals surface area (Å²) in [5.41, 5.74) is 1.27. The molecule has 2 heterocycles. The fraction of sp³-hybridized carbons (Fsp3) is 0.188. The molecule has 0 aliphatic carbocycles. The highest BCUT2D eigenvalue weighted by Crippen LogP contribution is 2.21. The number of pyridine rings is 1. The molecule has 0 spiro atoms. The van der Waals surface area contributed by atoms with E-state index in [2.05, 4.69) is 10.3 Å². The normalized spacial score (nSPS) is 17.5. The average molecular weight is 313 g/mol. The lowest BCUT2D eigenvalue weighted by Gasteiger charge is -2.17. The molecule has 0 bridgehead atoms. The number of anilines is 1. The van der Waals surface area contributed by atoms with Crippen LogP contribution in [0.1, 0.15) is 16.8 Å². The molecular formula is C16H15N3O2S. The van der Waals surface area contributed by atoms with Gasteiger partial charge in [0.05, 0.1) is 11.6 Å². The minimum Gasteiger partial charge on any atom is -0.352 e. The largest absolute Gasteiger partial charge is 0.352 e. The topological polar surface area (TPSA) is 65.2 Å². The third kappa shape index (κ3) is 2.92. The fourth-order valence-corrected chi connectivity index (χ4v) is 2.75. The molecule has 2 N–H and O–H groups in total. The third-order valence-corrected chi connectivity index (χ3v) is 3.93. The predicted octanol–water partition coefficient (Wildman–Crippen LogP) is 2.28. The Morgan fingerprint density at radius 2 is 2.00 bits per heavy atom. The van der Waals surface area contributed by atoms with E-state index in [-0.39, 0.29) is 17.9 Å². The van der Waals surface area contributed by atoms with Crippen LogP contribution in [0.25, 0.3) is 0 Å². The zero-order valence-electron chi connectivity index (χ0n) is 11.8. The molecule has 5 nitrogen and oxygen atoms in total. The van der Waals surface area contributed by atoms with Crippen LogP contribution in [0, 0.1) is 4.64 Å². The Kier molecular flexibility index (Phi) is 4.02. The van der Waals surface area contributed by atoms with Crippen LogP contribution in [-0.4, -0.2) is 29.4 Å². The van der Waals surface area contributed by atoms with Crippen molar-refractivity contribution in [3.05, 3.63) is 58.9 Å². The molecule has 2 aromatic rings. The van der Waals surface area contributed by atoms with Crippen LogP contribution in [0.5, 0.6) is 0 Å². The number of amides is 2. The summed E-state index contributed by atoms with van der Waals surface area (Å²) in [7, 11) is 0. The van der Waals surface area contributed by atoms with Gasteiger partial charge in [-0.2, -0.15) is 0 Å². The van der Waals surface area contributed by atoms with Crippen LogP contribution in [0.2, 0.25) is 0 Å². The van der Waals surface area contributed by atoms with Crippen LogP contribution in [0.4, 0.5) is 5.69 Å². The smallest absolute Gasteiger partial charge is 0.254 e. The van der Waals surface area contributed by atoms with Gasteiger partial charge in [-0.3, -0.25) is 9.59 Å². The number of H-pyrrole nitrogens is 1. The number of benzene rings is 1. The van der Waals surface area contributed by atoms with Gasteiger partial charge in [0.15, 0.2) is 0 Å². The maximum Gasteiger partial charge on any atom is 0.254 e. The Labute approximate surface area is 133 Å². The van der Waals surface area contributed by atoms with Gasteiger partial charge in [-0.25, -0.2) is 0 Å². The third-order valence-electron chi connectivity index (χ3n) is 3.59. The summed E-state index contributed by atoms with van der Waals surface area (Å²) in [4.78, 5) is 28.9. The van der Waals surface area contributed by atoms with E-state index >= 15 is 0 Å². The van der Waals surface area contributed by atoms with Gasteiger partial charge in [-0.05, 0) is 24.3 Å². The second kappa shape index (κ2) is 6.11. The highest BCUT2D eigenvalue weighted by Gasteiger charge is 2.31. The number of hydrogen-bond acceptors (Lipinski definition) is 3. The summed E-state index contributed by atoms with van der Waals surface area (Å²) in [6.45, 7) is 0.470. The van der Waals surface area contributed by atoms with Crippen molar-refractivity contribution in [3.8, 4) is 0 Å². The van der Waals surface area contributed by atoms with E-state index in [0.717, 1.165) is 5.69 Å². The maximum atomic E-state index is 12.2. The van der Waals surface area contributed by atoms with Crippen molar-refractivity contribution in [2.24, 2.45) is 0 Å². The van der Waals surface area contributed by atoms with Crippen molar-refractivity contribution < 1.29 is 9.59 Å². The Bertz CT molecular complexity index is 757. The molecule has 112 valence electrons. The van der Waals surface area contributed by atoms with E-state index in [1.807, 2.05) is 30.3 Å². The molecule has 0 radical (unpaired) electrons. The van der Waals surface area contributed by atoms with Crippen LogP contribution >= 0.6 is 12.2 Å². The average Bonchev–Trinajstić information content (AvgIpc) is 2.89. The highest BCUT2D eigenvalue weighted by molar-refractivity contribution is 7.71. The standard InChI is InChI=1S/C16H15N3O2S/c20-14-9-11(10-19(14)12-5-2-1-3-6-12)18-15(21)13-7-4-8-17-16(13)22/h1-8,11H,9-10H2,(H,17,22)(H,18,21)/t11-/m0/s1. The molecule has 1 fully saturated rings. The number of aromatic amines is 1. The van der Waals surface area contributed by atoms with Gasteiger partial charge in [0, 0.05) is 24.8 Å². The van der Waals surface area contributed by atoms with Crippen molar-refractivity contribution in [2.75, 3.05) is 11.4 Å². The molecule has 1 aromatic carbocycles. The maximum absolute atomic E-state index is 12.2. The molecule has 1 aromatic heterocycles. The number of carbonyl (C=O) groups is 2. The number of rotatable bonds is 3. The second-order valence-electron chi connectivity index (χ2n) is 5.13. The van der Waals surface area contributed by atoms with Gasteiger partial charge in [-0.15, -0.1) is 0 Å². The number of para-hydroxylation sites is 1. The van der Waals surface area contributed by atoms with Gasteiger partial charge >= 0.3 is 0 Å². The predicted molar refractivity (Wildman–Crippen MR) is 86.3 cm³/mol. The lowest BCUT2D eigenvalue weighted by Crippen LogP contribution is -2.37. The van der Waals surface area contributed by atoms with Gasteiger partial charge in [-0.1, -0.05) is 30.4 Å². The minimum atomic E-state index is -0.255. The van der Waals surface area contributed by atoms with Crippen molar-refractivity contribution in [3.63, 3.8) is 0 Å². The number of nitrogens with zero attached hydrogens (tertiary/aromatic N) is 1. The molecule has 1 aliphatic rings. The molecule has 1 saturated heterocycles. The van der Waals surface area contributed by atoms with Crippen molar-refractivity contribution in [1.29, 1.82) is 0 Å². The Balaban J connectivity index is 1.71. The Morgan fingerprint density at radius 1 is 1.23 bits per heavy atom. The summed E-state index contributed by atoms with van der Waals surface area (Å²) < 4.78 is 0.393. The first-order chi connectivity index (χ1) is 10.6. The molecule has 3 rings (SSSR count). The molecule has 22 heavy (non-hydrogen) atoms. The molecular weight excluding hydrogens is 298 g/mol. The SMILES string of the molecule is O=C(N[C@H]1CC(=O)N(c2ccccc2)C1)c1ccc[nH]c1=S. The first-order valence-corrected chi connectivity index (χ1v) is 7.40. The van der Waals surface area contributed by atoms with Gasteiger partial charge < -0.3 is 15.2 Å². The minimum absolute atomic E-state index is 0.00900. The number of hydrogen-bond donors (Lipinski definition) is 2. The first-order valence-electron chi connectivity index (χ1n) is 6.99. The zero-order valence-corrected chi connectivity index (χ0v) is 12.6. The summed E-state index contributed by atoms with van der Waals surface area (Å²) >= 11 is 5.10. The van der Waals surface area contributed by atoms with Crippen LogP contribution in [0.3, 0.4) is 0 Å². The first kappa shape index (κ1) is 14.5. The van der Waals surface area contributed by atoms with Gasteiger partial charge in [0.1, 0.15) is 4.64 Å². The number of nitrogens with one attached hydrogen (secondary N) is 2. The number of aromatic nitrogens is 1. The summed E-state index contributed by atoms with van der Waals surface area (Å²) in [6, 6.07) is 12.6. The van der Waals surface area contributed by atoms with Crippen LogP contribution in [-0.2, 0) is 4.79 Å². The quantitative estimate of drug-likeness (QED) is 0.855. The van der Waals surface area contributed by atoms with E-state index < -0.39 is 0 Å². The van der Waals surface area contributed by atoms with E-state index in [1.165, 1.54) is 0 Å². The molecule has 6 heteroatoms. The lowest BCUT2D eigenvalue weighted by molar-refractivity contribution is -0.117. The molecule has 2 amide bonds. The van der Waals surface area contributed by atoms with Gasteiger partial charge in [0.2, 0.25) is 5.91 Å². The van der Waals surface area contributed by atoms with E-state index in [0.29, 0.717) is 23.2 Å². The second-order valence-corrected chi connectivity index (χ2v) is 5.54. The number of carbonyl (C=O) groups excluding carboxylic acids is 2. The van der Waals surface area contributed by atoms with Crippen molar-refractivity contribution in [1.82, 2.24) is 10.3 Å². The monoisotopic (exact) mass is 313 g/mol. The molecule has 0 unspecified atom stereocenters. The zero-order chi connectivity index (χ0) is 15.5. The Morgan fingerprint density at radius 3 is 2.73 bits per heavy atom. The van der Waals surface area contributed by atoms with Crippen molar-refractivity contribution >= 4 is 29.7 Å². The van der Waals surface area contributed by atoms with Crippen LogP contribution in [0.15, 0.2) is 48.7 Å². The highest BCUT2D eigenvalue weighted by atomic mass is 32.1. The van der Waals surface area contributed by atoms with Crippen LogP contribution < -0.4 is 10.2 Å². The summed E-state index contributed by atoms with van der Waals surface area (Å²) in [5.74, 6) is -0.246. The summed E-state index contributed by atoms with van der Waals surface area (Å²) in [6.07, 6.45) is 1.97.